The van der Waals surface area contributed by atoms with Gasteiger partial charge >= 0.3 is 0 Å². The first-order chi connectivity index (χ1) is 11.5. The first-order valence-electron chi connectivity index (χ1n) is 7.89. The van der Waals surface area contributed by atoms with Crippen LogP contribution >= 0.6 is 11.8 Å². The molecule has 0 saturated heterocycles. The van der Waals surface area contributed by atoms with E-state index in [-0.39, 0.29) is 11.8 Å². The van der Waals surface area contributed by atoms with E-state index >= 15 is 0 Å². The minimum Gasteiger partial charge on any atom is -0.352 e. The van der Waals surface area contributed by atoms with Gasteiger partial charge in [0, 0.05) is 23.7 Å². The third-order valence-corrected chi connectivity index (χ3v) is 4.56. The highest BCUT2D eigenvalue weighted by atomic mass is 32.2. The van der Waals surface area contributed by atoms with Crippen molar-refractivity contribution in [2.24, 2.45) is 5.92 Å². The van der Waals surface area contributed by atoms with E-state index in [0.29, 0.717) is 17.9 Å². The monoisotopic (exact) mass is 342 g/mol. The molecule has 1 heterocycles. The van der Waals surface area contributed by atoms with Crippen molar-refractivity contribution in [1.82, 2.24) is 15.1 Å². The van der Waals surface area contributed by atoms with Crippen LogP contribution in [0.1, 0.15) is 28.7 Å². The van der Waals surface area contributed by atoms with Crippen molar-refractivity contribution in [3.05, 3.63) is 47.3 Å². The summed E-state index contributed by atoms with van der Waals surface area (Å²) in [6, 6.07) is 11.5. The minimum absolute atomic E-state index is 0.101. The molecule has 0 aliphatic heterocycles. The summed E-state index contributed by atoms with van der Waals surface area (Å²) in [5, 5.41) is 16.2. The topological polar surface area (TPSA) is 70.7 Å². The van der Waals surface area contributed by atoms with Crippen LogP contribution in [-0.2, 0) is 6.54 Å². The predicted octanol–water partition coefficient (Wildman–Crippen LogP) is 3.18. The third kappa shape index (κ3) is 4.87. The molecule has 1 N–H and O–H groups in total. The molecule has 126 valence electrons. The highest BCUT2D eigenvalue weighted by Gasteiger charge is 2.13. The van der Waals surface area contributed by atoms with Crippen molar-refractivity contribution in [2.45, 2.75) is 32.2 Å². The zero-order chi connectivity index (χ0) is 17.5. The van der Waals surface area contributed by atoms with Crippen LogP contribution in [0, 0.1) is 31.1 Å². The number of hydrogen-bond donors (Lipinski definition) is 1. The lowest BCUT2D eigenvalue weighted by Crippen LogP contribution is -2.30. The first-order valence-corrected chi connectivity index (χ1v) is 8.88. The Morgan fingerprint density at radius 2 is 2.17 bits per heavy atom. The fraction of sp³-hybridized carbons (Fsp3) is 0.389. The quantitative estimate of drug-likeness (QED) is 0.785. The normalized spacial score (nSPS) is 11.8. The molecule has 6 heteroatoms. The number of aryl methyl sites for hydroxylation is 2. The van der Waals surface area contributed by atoms with Gasteiger partial charge in [0.1, 0.15) is 0 Å². The van der Waals surface area contributed by atoms with Gasteiger partial charge in [0.2, 0.25) is 0 Å². The maximum absolute atomic E-state index is 12.4. The lowest BCUT2D eigenvalue weighted by atomic mass is 10.1. The average molecular weight is 342 g/mol. The highest BCUT2D eigenvalue weighted by molar-refractivity contribution is 7.99. The van der Waals surface area contributed by atoms with E-state index in [9.17, 15) is 4.79 Å². The Hall–Kier alpha value is -2.26. The van der Waals surface area contributed by atoms with E-state index in [2.05, 4.69) is 23.4 Å². The van der Waals surface area contributed by atoms with E-state index in [0.717, 1.165) is 22.8 Å². The van der Waals surface area contributed by atoms with E-state index in [1.54, 1.807) is 6.07 Å². The van der Waals surface area contributed by atoms with Gasteiger partial charge in [-0.05, 0) is 38.0 Å². The van der Waals surface area contributed by atoms with Crippen LogP contribution in [0.3, 0.4) is 0 Å². The standard InChI is InChI=1S/C18H22N4OS/c1-13(12-22-15(3)10-14(2)21-22)11-20-18(23)16-6-4-5-7-17(16)24-9-8-19/h4-7,10,13H,9,11-12H2,1-3H3,(H,20,23)/t13-/m0/s1. The van der Waals surface area contributed by atoms with Gasteiger partial charge < -0.3 is 5.32 Å². The number of hydrogen-bond acceptors (Lipinski definition) is 4. The summed E-state index contributed by atoms with van der Waals surface area (Å²) in [4.78, 5) is 13.3. The Bertz CT molecular complexity index is 748. The van der Waals surface area contributed by atoms with Crippen molar-refractivity contribution in [3.8, 4) is 6.07 Å². The highest BCUT2D eigenvalue weighted by Crippen LogP contribution is 2.22. The molecule has 1 amide bonds. The number of aromatic nitrogens is 2. The molecule has 2 aromatic rings. The molecule has 1 aromatic heterocycles. The zero-order valence-electron chi connectivity index (χ0n) is 14.2. The molecule has 0 aliphatic carbocycles. The van der Waals surface area contributed by atoms with Crippen LogP contribution in [-0.4, -0.2) is 28.0 Å². The molecule has 0 bridgehead atoms. The Balaban J connectivity index is 1.93. The minimum atomic E-state index is -0.101. The summed E-state index contributed by atoms with van der Waals surface area (Å²) in [5.41, 5.74) is 2.76. The number of carbonyl (C=O) groups is 1. The van der Waals surface area contributed by atoms with Crippen LogP contribution in [0.4, 0.5) is 0 Å². The van der Waals surface area contributed by atoms with Gasteiger partial charge in [-0.15, -0.1) is 11.8 Å². The molecule has 5 nitrogen and oxygen atoms in total. The maximum Gasteiger partial charge on any atom is 0.252 e. The van der Waals surface area contributed by atoms with Crippen LogP contribution in [0.25, 0.3) is 0 Å². The van der Waals surface area contributed by atoms with Gasteiger partial charge in [0.25, 0.3) is 5.91 Å². The molecule has 1 aromatic carbocycles. The van der Waals surface area contributed by atoms with Gasteiger partial charge in [-0.1, -0.05) is 19.1 Å². The average Bonchev–Trinajstić information content (AvgIpc) is 2.88. The fourth-order valence-corrected chi connectivity index (χ4v) is 3.18. The molecular weight excluding hydrogens is 320 g/mol. The number of nitrogens with zero attached hydrogens (tertiary/aromatic N) is 3. The second-order valence-corrected chi connectivity index (χ2v) is 6.88. The van der Waals surface area contributed by atoms with Gasteiger partial charge in [-0.3, -0.25) is 9.48 Å². The second kappa shape index (κ2) is 8.55. The molecular formula is C18H22N4OS. The maximum atomic E-state index is 12.4. The Morgan fingerprint density at radius 1 is 1.42 bits per heavy atom. The van der Waals surface area contributed by atoms with Gasteiger partial charge in [0.15, 0.2) is 0 Å². The van der Waals surface area contributed by atoms with E-state index in [1.807, 2.05) is 42.8 Å². The molecule has 0 aliphatic rings. The van der Waals surface area contributed by atoms with E-state index in [1.165, 1.54) is 11.8 Å². The molecule has 2 rings (SSSR count). The predicted molar refractivity (Wildman–Crippen MR) is 96.0 cm³/mol. The summed E-state index contributed by atoms with van der Waals surface area (Å²) in [6.07, 6.45) is 0. The second-order valence-electron chi connectivity index (χ2n) is 5.87. The van der Waals surface area contributed by atoms with Crippen molar-refractivity contribution < 1.29 is 4.79 Å². The number of nitriles is 1. The zero-order valence-corrected chi connectivity index (χ0v) is 15.1. The van der Waals surface area contributed by atoms with Gasteiger partial charge in [-0.25, -0.2) is 0 Å². The van der Waals surface area contributed by atoms with Crippen molar-refractivity contribution in [1.29, 1.82) is 5.26 Å². The fourth-order valence-electron chi connectivity index (χ4n) is 2.47. The Labute approximate surface area is 147 Å². The van der Waals surface area contributed by atoms with Crippen LogP contribution in [0.5, 0.6) is 0 Å². The van der Waals surface area contributed by atoms with E-state index in [4.69, 9.17) is 5.26 Å². The van der Waals surface area contributed by atoms with E-state index < -0.39 is 0 Å². The van der Waals surface area contributed by atoms with Crippen LogP contribution in [0.2, 0.25) is 0 Å². The number of carbonyl (C=O) groups excluding carboxylic acids is 1. The smallest absolute Gasteiger partial charge is 0.252 e. The Morgan fingerprint density at radius 3 is 2.83 bits per heavy atom. The summed E-state index contributed by atoms with van der Waals surface area (Å²) in [6.45, 7) is 7.45. The molecule has 1 atom stereocenters. The van der Waals surface area contributed by atoms with Crippen LogP contribution in [0.15, 0.2) is 35.2 Å². The van der Waals surface area contributed by atoms with Gasteiger partial charge in [0.05, 0.1) is 23.1 Å². The lowest BCUT2D eigenvalue weighted by molar-refractivity contribution is 0.0943. The summed E-state index contributed by atoms with van der Waals surface area (Å²) < 4.78 is 1.98. The summed E-state index contributed by atoms with van der Waals surface area (Å²) in [5.74, 6) is 0.501. The SMILES string of the molecule is Cc1cc(C)n(C[C@@H](C)CNC(=O)c2ccccc2SCC#N)n1. The summed E-state index contributed by atoms with van der Waals surface area (Å²) in [7, 11) is 0. The Kier molecular flexibility index (Phi) is 6.44. The van der Waals surface area contributed by atoms with Gasteiger partial charge in [-0.2, -0.15) is 10.4 Å². The van der Waals surface area contributed by atoms with Crippen LogP contribution < -0.4 is 5.32 Å². The molecule has 24 heavy (non-hydrogen) atoms. The van der Waals surface area contributed by atoms with Crippen molar-refractivity contribution >= 4 is 17.7 Å². The number of amides is 1. The van der Waals surface area contributed by atoms with Crippen molar-refractivity contribution in [2.75, 3.05) is 12.3 Å². The molecule has 0 saturated carbocycles. The first kappa shape index (κ1) is 18.1. The number of benzene rings is 1. The number of rotatable bonds is 7. The molecule has 0 unspecified atom stereocenters. The van der Waals surface area contributed by atoms with Crippen molar-refractivity contribution in [3.63, 3.8) is 0 Å². The molecule has 0 spiro atoms. The molecule has 0 radical (unpaired) electrons. The largest absolute Gasteiger partial charge is 0.352 e. The summed E-state index contributed by atoms with van der Waals surface area (Å²) >= 11 is 1.38. The molecule has 0 fully saturated rings. The number of nitrogens with one attached hydrogen (secondary N) is 1. The lowest BCUT2D eigenvalue weighted by Gasteiger charge is -2.15. The third-order valence-electron chi connectivity index (χ3n) is 3.62. The number of thioether (sulfide) groups is 1.